The molecule has 1 heterocycles. The first kappa shape index (κ1) is 10.4. The first-order chi connectivity index (χ1) is 7.34. The third-order valence-corrected chi connectivity index (χ3v) is 2.82. The molecule has 1 aromatic heterocycles. The smallest absolute Gasteiger partial charge is 0.172 e. The summed E-state index contributed by atoms with van der Waals surface area (Å²) in [7, 11) is 0. The van der Waals surface area contributed by atoms with Gasteiger partial charge in [-0.2, -0.15) is 0 Å². The second-order valence-corrected chi connectivity index (χ2v) is 4.20. The van der Waals surface area contributed by atoms with Crippen molar-refractivity contribution in [2.24, 2.45) is 0 Å². The number of hydrogen-bond donors (Lipinski definition) is 2. The van der Waals surface area contributed by atoms with Crippen LogP contribution in [-0.2, 0) is 0 Å². The summed E-state index contributed by atoms with van der Waals surface area (Å²) in [6, 6.07) is 6.28. The van der Waals surface area contributed by atoms with E-state index in [2.05, 4.69) is 15.6 Å². The number of thiocarbonyl (C=S) groups is 1. The van der Waals surface area contributed by atoms with Crippen LogP contribution in [0.5, 0.6) is 0 Å². The molecule has 0 bridgehead atoms. The molecule has 1 aromatic rings. The molecule has 15 heavy (non-hydrogen) atoms. The quantitative estimate of drug-likeness (QED) is 0.751. The van der Waals surface area contributed by atoms with Gasteiger partial charge < -0.3 is 10.6 Å². The SMILES string of the molecule is S=C(Nc1ccccn1)NC1CCCC1. The van der Waals surface area contributed by atoms with Crippen LogP contribution in [-0.4, -0.2) is 16.1 Å². The van der Waals surface area contributed by atoms with Crippen molar-refractivity contribution in [2.75, 3.05) is 5.32 Å². The van der Waals surface area contributed by atoms with Crippen molar-refractivity contribution >= 4 is 23.1 Å². The van der Waals surface area contributed by atoms with E-state index in [0.717, 1.165) is 5.82 Å². The van der Waals surface area contributed by atoms with Crippen LogP contribution in [0, 0.1) is 0 Å². The van der Waals surface area contributed by atoms with Crippen molar-refractivity contribution in [3.63, 3.8) is 0 Å². The zero-order chi connectivity index (χ0) is 10.5. The lowest BCUT2D eigenvalue weighted by atomic mass is 10.3. The van der Waals surface area contributed by atoms with Gasteiger partial charge in [-0.05, 0) is 37.2 Å². The molecule has 0 aromatic carbocycles. The van der Waals surface area contributed by atoms with E-state index < -0.39 is 0 Å². The van der Waals surface area contributed by atoms with Crippen molar-refractivity contribution in [3.05, 3.63) is 24.4 Å². The van der Waals surface area contributed by atoms with Gasteiger partial charge in [-0.15, -0.1) is 0 Å². The molecule has 1 fully saturated rings. The zero-order valence-corrected chi connectivity index (χ0v) is 9.39. The Labute approximate surface area is 95.3 Å². The molecule has 2 rings (SSSR count). The minimum absolute atomic E-state index is 0.550. The Hall–Kier alpha value is -1.16. The van der Waals surface area contributed by atoms with Crippen LogP contribution in [0.25, 0.3) is 0 Å². The van der Waals surface area contributed by atoms with E-state index in [1.807, 2.05) is 18.2 Å². The highest BCUT2D eigenvalue weighted by Gasteiger charge is 2.15. The summed E-state index contributed by atoms with van der Waals surface area (Å²) in [5, 5.41) is 7.07. The molecule has 2 N–H and O–H groups in total. The highest BCUT2D eigenvalue weighted by Crippen LogP contribution is 2.17. The van der Waals surface area contributed by atoms with Gasteiger partial charge in [0.05, 0.1) is 0 Å². The minimum Gasteiger partial charge on any atom is -0.360 e. The molecule has 0 spiro atoms. The first-order valence-electron chi connectivity index (χ1n) is 5.33. The molecule has 1 aliphatic carbocycles. The summed E-state index contributed by atoms with van der Waals surface area (Å²) in [6.07, 6.45) is 6.82. The third kappa shape index (κ3) is 3.16. The Morgan fingerprint density at radius 3 is 2.80 bits per heavy atom. The molecule has 4 heteroatoms. The van der Waals surface area contributed by atoms with E-state index in [-0.39, 0.29) is 0 Å². The predicted octanol–water partition coefficient (Wildman–Crippen LogP) is 2.31. The van der Waals surface area contributed by atoms with Gasteiger partial charge >= 0.3 is 0 Å². The Balaban J connectivity index is 1.82. The highest BCUT2D eigenvalue weighted by atomic mass is 32.1. The van der Waals surface area contributed by atoms with Gasteiger partial charge in [-0.1, -0.05) is 18.9 Å². The molecule has 0 atom stereocenters. The molecular formula is C11H15N3S. The molecule has 0 radical (unpaired) electrons. The molecule has 1 aliphatic rings. The van der Waals surface area contributed by atoms with Crippen LogP contribution in [0.4, 0.5) is 5.82 Å². The van der Waals surface area contributed by atoms with Crippen LogP contribution in [0.3, 0.4) is 0 Å². The van der Waals surface area contributed by atoms with Crippen LogP contribution in [0.2, 0.25) is 0 Å². The first-order valence-corrected chi connectivity index (χ1v) is 5.74. The van der Waals surface area contributed by atoms with Crippen molar-refractivity contribution in [1.29, 1.82) is 0 Å². The fraction of sp³-hybridized carbons (Fsp3) is 0.455. The summed E-state index contributed by atoms with van der Waals surface area (Å²) in [5.41, 5.74) is 0. The van der Waals surface area contributed by atoms with Crippen LogP contribution < -0.4 is 10.6 Å². The summed E-state index contributed by atoms with van der Waals surface area (Å²) < 4.78 is 0. The number of aromatic nitrogens is 1. The fourth-order valence-corrected chi connectivity index (χ4v) is 2.12. The van der Waals surface area contributed by atoms with Gasteiger partial charge in [0.25, 0.3) is 0 Å². The zero-order valence-electron chi connectivity index (χ0n) is 8.57. The van der Waals surface area contributed by atoms with E-state index in [1.165, 1.54) is 25.7 Å². The van der Waals surface area contributed by atoms with Gasteiger partial charge in [-0.3, -0.25) is 0 Å². The maximum absolute atomic E-state index is 5.21. The van der Waals surface area contributed by atoms with Gasteiger partial charge in [0.15, 0.2) is 5.11 Å². The van der Waals surface area contributed by atoms with Crippen molar-refractivity contribution in [1.82, 2.24) is 10.3 Å². The maximum atomic E-state index is 5.21. The standard InChI is InChI=1S/C11H15N3S/c15-11(13-9-5-1-2-6-9)14-10-7-3-4-8-12-10/h3-4,7-9H,1-2,5-6H2,(H2,12,13,14,15). The van der Waals surface area contributed by atoms with E-state index in [9.17, 15) is 0 Å². The molecule has 0 unspecified atom stereocenters. The second-order valence-electron chi connectivity index (χ2n) is 3.79. The van der Waals surface area contributed by atoms with E-state index in [4.69, 9.17) is 12.2 Å². The summed E-state index contributed by atoms with van der Waals surface area (Å²) in [4.78, 5) is 4.15. The van der Waals surface area contributed by atoms with Crippen LogP contribution >= 0.6 is 12.2 Å². The molecular weight excluding hydrogens is 206 g/mol. The largest absolute Gasteiger partial charge is 0.360 e. The fourth-order valence-electron chi connectivity index (χ4n) is 1.84. The van der Waals surface area contributed by atoms with Gasteiger partial charge in [0, 0.05) is 12.2 Å². The average molecular weight is 221 g/mol. The maximum Gasteiger partial charge on any atom is 0.172 e. The third-order valence-electron chi connectivity index (χ3n) is 2.60. The number of rotatable bonds is 2. The lowest BCUT2D eigenvalue weighted by Gasteiger charge is -2.14. The molecule has 80 valence electrons. The van der Waals surface area contributed by atoms with E-state index >= 15 is 0 Å². The molecule has 3 nitrogen and oxygen atoms in total. The van der Waals surface area contributed by atoms with E-state index in [1.54, 1.807) is 6.20 Å². The molecule has 0 amide bonds. The van der Waals surface area contributed by atoms with E-state index in [0.29, 0.717) is 11.2 Å². The molecule has 0 aliphatic heterocycles. The topological polar surface area (TPSA) is 37.0 Å². The van der Waals surface area contributed by atoms with Crippen molar-refractivity contribution in [3.8, 4) is 0 Å². The summed E-state index contributed by atoms with van der Waals surface area (Å²) in [6.45, 7) is 0. The Morgan fingerprint density at radius 1 is 1.33 bits per heavy atom. The Kier molecular flexibility index (Phi) is 3.50. The number of hydrogen-bond acceptors (Lipinski definition) is 2. The number of nitrogens with zero attached hydrogens (tertiary/aromatic N) is 1. The summed E-state index contributed by atoms with van der Waals surface area (Å²) >= 11 is 5.21. The number of anilines is 1. The van der Waals surface area contributed by atoms with Crippen molar-refractivity contribution in [2.45, 2.75) is 31.7 Å². The van der Waals surface area contributed by atoms with Gasteiger partial charge in [0.2, 0.25) is 0 Å². The van der Waals surface area contributed by atoms with Crippen LogP contribution in [0.15, 0.2) is 24.4 Å². The highest BCUT2D eigenvalue weighted by molar-refractivity contribution is 7.80. The van der Waals surface area contributed by atoms with Gasteiger partial charge in [-0.25, -0.2) is 4.98 Å². The second kappa shape index (κ2) is 5.07. The monoisotopic (exact) mass is 221 g/mol. The lowest BCUT2D eigenvalue weighted by Crippen LogP contribution is -2.36. The number of nitrogens with one attached hydrogen (secondary N) is 2. The Morgan fingerprint density at radius 2 is 2.13 bits per heavy atom. The normalized spacial score (nSPS) is 16.3. The lowest BCUT2D eigenvalue weighted by molar-refractivity contribution is 0.634. The van der Waals surface area contributed by atoms with Crippen LogP contribution in [0.1, 0.15) is 25.7 Å². The Bertz CT molecular complexity index is 320. The number of pyridine rings is 1. The summed E-state index contributed by atoms with van der Waals surface area (Å²) in [5.74, 6) is 0.799. The van der Waals surface area contributed by atoms with Gasteiger partial charge in [0.1, 0.15) is 5.82 Å². The molecule has 0 saturated heterocycles. The molecule has 1 saturated carbocycles. The average Bonchev–Trinajstić information content (AvgIpc) is 2.71. The van der Waals surface area contributed by atoms with Crippen molar-refractivity contribution < 1.29 is 0 Å². The minimum atomic E-state index is 0.550. The predicted molar refractivity (Wildman–Crippen MR) is 65.8 cm³/mol.